The number of hydrogen-bond acceptors (Lipinski definition) is 1. The van der Waals surface area contributed by atoms with Crippen molar-refractivity contribution in [3.05, 3.63) is 237 Å². The van der Waals surface area contributed by atoms with E-state index in [-0.39, 0.29) is 0 Å². The Morgan fingerprint density at radius 3 is 1.20 bits per heavy atom. The van der Waals surface area contributed by atoms with E-state index in [4.69, 9.17) is 0 Å². The van der Waals surface area contributed by atoms with Crippen LogP contribution < -0.4 is 22.5 Å². The van der Waals surface area contributed by atoms with Gasteiger partial charge in [0.15, 0.2) is 0 Å². The summed E-state index contributed by atoms with van der Waals surface area (Å²) in [5.74, 6) is 0. The fourth-order valence-corrected chi connectivity index (χ4v) is 19.8. The molecule has 0 aliphatic rings. The molecule has 10 aromatic carbocycles. The summed E-state index contributed by atoms with van der Waals surface area (Å²) >= 11 is -3.68. The van der Waals surface area contributed by atoms with Crippen LogP contribution >= 0.6 is 0 Å². The first-order chi connectivity index (χ1) is 27.8. The first-order valence-electron chi connectivity index (χ1n) is 19.4. The van der Waals surface area contributed by atoms with Gasteiger partial charge in [0.05, 0.1) is 0 Å². The molecule has 0 bridgehead atoms. The molecule has 0 radical (unpaired) electrons. The van der Waals surface area contributed by atoms with Gasteiger partial charge in [-0.05, 0) is 5.39 Å². The van der Waals surface area contributed by atoms with Gasteiger partial charge in [0.2, 0.25) is 0 Å². The van der Waals surface area contributed by atoms with Crippen LogP contribution in [-0.4, -0.2) is 13.3 Å². The van der Waals surface area contributed by atoms with Crippen LogP contribution in [0.5, 0.6) is 0 Å². The molecule has 0 fully saturated rings. The molecule has 10 rings (SSSR count). The van der Waals surface area contributed by atoms with Gasteiger partial charge < -0.3 is 0 Å². The fraction of sp³-hybridized carbons (Fsp3) is 0. The Labute approximate surface area is 331 Å². The van der Waals surface area contributed by atoms with Crippen molar-refractivity contribution in [3.8, 4) is 11.1 Å². The second-order valence-electron chi connectivity index (χ2n) is 14.4. The third-order valence-electron chi connectivity index (χ3n) is 11.3. The van der Waals surface area contributed by atoms with E-state index in [0.29, 0.717) is 0 Å². The first-order valence-corrected chi connectivity index (χ1v) is 23.6. The van der Waals surface area contributed by atoms with Crippen LogP contribution in [-0.2, 0) is 0 Å². The number of rotatable bonds is 8. The Morgan fingerprint density at radius 2 is 0.679 bits per heavy atom. The number of benzene rings is 10. The maximum atomic E-state index is 2.38. The summed E-state index contributed by atoms with van der Waals surface area (Å²) in [4.78, 5) is 2.36. The van der Waals surface area contributed by atoms with Crippen molar-refractivity contribution in [2.24, 2.45) is 0 Å². The summed E-state index contributed by atoms with van der Waals surface area (Å²) in [6.45, 7) is 0. The Balaban J connectivity index is 1.22. The molecule has 0 aliphatic carbocycles. The second-order valence-corrected chi connectivity index (χ2v) is 22.3. The molecule has 0 atom stereocenters. The first kappa shape index (κ1) is 33.9. The quantitative estimate of drug-likeness (QED) is 0.110. The van der Waals surface area contributed by atoms with E-state index in [9.17, 15) is 0 Å². The van der Waals surface area contributed by atoms with Crippen LogP contribution in [0.1, 0.15) is 0 Å². The number of fused-ring (bicyclic) bond motifs is 3. The van der Waals surface area contributed by atoms with Gasteiger partial charge in [0.25, 0.3) is 0 Å². The minimum absolute atomic E-state index is 1.12. The van der Waals surface area contributed by atoms with E-state index in [2.05, 4.69) is 241 Å². The number of anilines is 3. The molecule has 0 amide bonds. The summed E-state index contributed by atoms with van der Waals surface area (Å²) in [5.41, 5.74) is 5.85. The van der Waals surface area contributed by atoms with Crippen molar-refractivity contribution >= 4 is 80.2 Å². The molecule has 1 nitrogen and oxygen atoms in total. The third-order valence-corrected chi connectivity index (χ3v) is 21.6. The van der Waals surface area contributed by atoms with Gasteiger partial charge in [-0.1, -0.05) is 30.3 Å². The Bertz CT molecular complexity index is 2790. The van der Waals surface area contributed by atoms with Crippen molar-refractivity contribution in [3.63, 3.8) is 0 Å². The van der Waals surface area contributed by atoms with Crippen LogP contribution in [0.3, 0.4) is 0 Å². The molecule has 2 heteroatoms. The maximum absolute atomic E-state index is 3.68. The summed E-state index contributed by atoms with van der Waals surface area (Å²) in [6, 6.07) is 87.5. The number of nitrogens with zero attached hydrogens (tertiary/aromatic N) is 1. The molecule has 0 N–H and O–H groups in total. The molecule has 0 saturated carbocycles. The molecule has 0 aromatic heterocycles. The molecular weight excluding hydrogens is 735 g/mol. The van der Waals surface area contributed by atoms with E-state index in [1.54, 1.807) is 0 Å². The van der Waals surface area contributed by atoms with Gasteiger partial charge in [-0.2, -0.15) is 0 Å². The summed E-state index contributed by atoms with van der Waals surface area (Å²) in [6.07, 6.45) is 0. The van der Waals surface area contributed by atoms with Gasteiger partial charge in [-0.3, -0.25) is 0 Å². The summed E-state index contributed by atoms with van der Waals surface area (Å²) < 4.78 is 5.75. The number of hydrogen-bond donors (Lipinski definition) is 0. The second kappa shape index (κ2) is 14.5. The third kappa shape index (κ3) is 5.71. The van der Waals surface area contributed by atoms with Crippen LogP contribution in [0.4, 0.5) is 17.1 Å². The van der Waals surface area contributed by atoms with Crippen molar-refractivity contribution in [2.45, 2.75) is 0 Å². The molecule has 264 valence electrons. The molecule has 10 aromatic rings. The summed E-state index contributed by atoms with van der Waals surface area (Å²) in [5, 5.41) is 7.67. The molecule has 0 heterocycles. The van der Waals surface area contributed by atoms with E-state index < -0.39 is 13.3 Å². The van der Waals surface area contributed by atoms with E-state index >= 15 is 0 Å². The molecule has 0 spiro atoms. The molecule has 0 saturated heterocycles. The van der Waals surface area contributed by atoms with E-state index in [0.717, 1.165) is 17.1 Å². The standard InChI is InChI=1S/C54H39GeN/c1-5-21-43(22-6-1)55(44-23-7-2-8-24-44,45-25-9-3-10-26-45)54-51-31-17-15-29-49(51)53(50-30-16-18-32-52(50)54)41-34-36-47(37-35-41)56(46-27-11-4-12-28-46)48-38-33-40-19-13-14-20-42(40)39-48/h1-39H. The van der Waals surface area contributed by atoms with Gasteiger partial charge in [-0.25, -0.2) is 0 Å². The van der Waals surface area contributed by atoms with Crippen molar-refractivity contribution in [1.29, 1.82) is 0 Å². The van der Waals surface area contributed by atoms with Crippen LogP contribution in [0.25, 0.3) is 43.4 Å². The summed E-state index contributed by atoms with van der Waals surface area (Å²) in [7, 11) is 0. The van der Waals surface area contributed by atoms with Crippen molar-refractivity contribution in [1.82, 2.24) is 0 Å². The van der Waals surface area contributed by atoms with E-state index in [1.807, 2.05) is 0 Å². The van der Waals surface area contributed by atoms with Gasteiger partial charge >= 0.3 is 297 Å². The minimum atomic E-state index is -3.68. The Morgan fingerprint density at radius 1 is 0.286 bits per heavy atom. The normalized spacial score (nSPS) is 11.6. The molecular formula is C54H39GeN. The van der Waals surface area contributed by atoms with Gasteiger partial charge in [0.1, 0.15) is 0 Å². The van der Waals surface area contributed by atoms with Crippen LogP contribution in [0.2, 0.25) is 0 Å². The molecule has 0 aliphatic heterocycles. The molecule has 56 heavy (non-hydrogen) atoms. The zero-order chi connectivity index (χ0) is 37.3. The van der Waals surface area contributed by atoms with Crippen molar-refractivity contribution < 1.29 is 0 Å². The monoisotopic (exact) mass is 775 g/mol. The Kier molecular flexibility index (Phi) is 8.78. The van der Waals surface area contributed by atoms with Crippen LogP contribution in [0.15, 0.2) is 237 Å². The number of para-hydroxylation sites is 1. The molecule has 0 unspecified atom stereocenters. The Hall–Kier alpha value is -6.68. The SMILES string of the molecule is c1ccc(N(c2ccc(-c3c4ccccc4[c]([Ge]([c]4ccccc4)([c]4ccccc4)[c]4ccccc4)c4ccccc34)cc2)c2ccc3ccccc3c2)cc1. The predicted octanol–water partition coefficient (Wildman–Crippen LogP) is 11.7. The van der Waals surface area contributed by atoms with Gasteiger partial charge in [-0.15, -0.1) is 0 Å². The van der Waals surface area contributed by atoms with Gasteiger partial charge in [0, 0.05) is 0 Å². The van der Waals surface area contributed by atoms with Crippen molar-refractivity contribution in [2.75, 3.05) is 4.90 Å². The fourth-order valence-electron chi connectivity index (χ4n) is 8.96. The zero-order valence-corrected chi connectivity index (χ0v) is 33.1. The van der Waals surface area contributed by atoms with E-state index in [1.165, 1.54) is 61.0 Å². The average Bonchev–Trinajstić information content (AvgIpc) is 3.28. The topological polar surface area (TPSA) is 3.24 Å². The zero-order valence-electron chi connectivity index (χ0n) is 31.0. The average molecular weight is 775 g/mol. The van der Waals surface area contributed by atoms with Crippen LogP contribution in [0, 0.1) is 0 Å². The predicted molar refractivity (Wildman–Crippen MR) is 243 cm³/mol.